The van der Waals surface area contributed by atoms with Gasteiger partial charge in [-0.1, -0.05) is 6.07 Å². The van der Waals surface area contributed by atoms with Crippen molar-refractivity contribution >= 4 is 29.3 Å². The van der Waals surface area contributed by atoms with Crippen molar-refractivity contribution in [3.63, 3.8) is 0 Å². The maximum atomic E-state index is 12.7. The van der Waals surface area contributed by atoms with Crippen molar-refractivity contribution in [3.05, 3.63) is 77.9 Å². The molecule has 1 amide bonds. The predicted molar refractivity (Wildman–Crippen MR) is 143 cm³/mol. The van der Waals surface area contributed by atoms with Gasteiger partial charge in [0, 0.05) is 60.6 Å². The summed E-state index contributed by atoms with van der Waals surface area (Å²) < 4.78 is 5.53. The number of nitrogens with zero attached hydrogens (tertiary/aromatic N) is 7. The topological polar surface area (TPSA) is 135 Å². The van der Waals surface area contributed by atoms with E-state index >= 15 is 0 Å². The minimum atomic E-state index is -0.147. The smallest absolute Gasteiger partial charge is 0.251 e. The molecule has 2 aliphatic heterocycles. The Bertz CT molecular complexity index is 1420. The van der Waals surface area contributed by atoms with Crippen LogP contribution in [0.25, 0.3) is 11.3 Å². The number of nitrogens with one attached hydrogen (secondary N) is 1. The highest BCUT2D eigenvalue weighted by atomic mass is 16.5. The molecule has 11 heteroatoms. The minimum Gasteiger partial charge on any atom is -0.378 e. The van der Waals surface area contributed by atoms with E-state index in [1.807, 2.05) is 42.5 Å². The molecule has 0 spiro atoms. The van der Waals surface area contributed by atoms with Crippen LogP contribution in [0.15, 0.2) is 61.1 Å². The first-order chi connectivity index (χ1) is 18.7. The number of ether oxygens (including phenoxy) is 1. The summed E-state index contributed by atoms with van der Waals surface area (Å²) in [4.78, 5) is 39.5. The zero-order valence-electron chi connectivity index (χ0n) is 20.7. The number of anilines is 4. The number of aromatic nitrogens is 5. The number of benzene rings is 1. The predicted octanol–water partition coefficient (Wildman–Crippen LogP) is 2.37. The number of nitrogens with two attached hydrogens (primary N) is 1. The average molecular weight is 510 g/mol. The monoisotopic (exact) mass is 509 g/mol. The summed E-state index contributed by atoms with van der Waals surface area (Å²) >= 11 is 0. The normalized spacial score (nSPS) is 14.8. The van der Waals surface area contributed by atoms with Gasteiger partial charge in [-0.3, -0.25) is 9.78 Å². The molecule has 38 heavy (non-hydrogen) atoms. The van der Waals surface area contributed by atoms with Crippen LogP contribution in [0.4, 0.5) is 23.4 Å². The van der Waals surface area contributed by atoms with Gasteiger partial charge in [0.1, 0.15) is 5.82 Å². The van der Waals surface area contributed by atoms with Crippen LogP contribution in [-0.4, -0.2) is 63.7 Å². The van der Waals surface area contributed by atoms with E-state index in [4.69, 9.17) is 20.4 Å². The number of nitrogen functional groups attached to an aromatic ring is 1. The SMILES string of the molecule is Nc1ncc(-c2nc(N3CCOCC3)nc3c2CCN3c2ccc(C(=O)NCc3ccccn3)cc2)cn1. The van der Waals surface area contributed by atoms with Crippen molar-refractivity contribution in [1.82, 2.24) is 30.2 Å². The molecule has 6 rings (SSSR count). The first kappa shape index (κ1) is 23.7. The van der Waals surface area contributed by atoms with E-state index in [2.05, 4.69) is 30.1 Å². The Hall–Kier alpha value is -4.64. The van der Waals surface area contributed by atoms with Crippen molar-refractivity contribution in [1.29, 1.82) is 0 Å². The van der Waals surface area contributed by atoms with E-state index in [0.717, 1.165) is 60.1 Å². The van der Waals surface area contributed by atoms with Gasteiger partial charge in [0.25, 0.3) is 5.91 Å². The fraction of sp³-hybridized carbons (Fsp3) is 0.259. The van der Waals surface area contributed by atoms with Gasteiger partial charge in [-0.2, -0.15) is 4.98 Å². The molecule has 192 valence electrons. The Labute approximate surface area is 219 Å². The van der Waals surface area contributed by atoms with E-state index in [-0.39, 0.29) is 11.9 Å². The van der Waals surface area contributed by atoms with Crippen molar-refractivity contribution in [2.75, 3.05) is 48.4 Å². The molecule has 2 aliphatic rings. The molecule has 3 N–H and O–H groups in total. The first-order valence-corrected chi connectivity index (χ1v) is 12.5. The number of fused-ring (bicyclic) bond motifs is 1. The lowest BCUT2D eigenvalue weighted by atomic mass is 10.1. The molecular formula is C27H27N9O2. The van der Waals surface area contributed by atoms with Crippen LogP contribution in [0.2, 0.25) is 0 Å². The molecule has 0 unspecified atom stereocenters. The van der Waals surface area contributed by atoms with Crippen molar-refractivity contribution < 1.29 is 9.53 Å². The number of carbonyl (C=O) groups is 1. The van der Waals surface area contributed by atoms with Crippen LogP contribution < -0.4 is 20.9 Å². The van der Waals surface area contributed by atoms with Gasteiger partial charge >= 0.3 is 0 Å². The summed E-state index contributed by atoms with van der Waals surface area (Å²) in [6.45, 7) is 3.82. The first-order valence-electron chi connectivity index (χ1n) is 12.5. The summed E-state index contributed by atoms with van der Waals surface area (Å²) in [7, 11) is 0. The number of morpholine rings is 1. The largest absolute Gasteiger partial charge is 0.378 e. The Balaban J connectivity index is 1.28. The van der Waals surface area contributed by atoms with Crippen LogP contribution in [0, 0.1) is 0 Å². The lowest BCUT2D eigenvalue weighted by molar-refractivity contribution is 0.0950. The lowest BCUT2D eigenvalue weighted by Gasteiger charge is -2.28. The van der Waals surface area contributed by atoms with Gasteiger partial charge in [0.15, 0.2) is 0 Å². The van der Waals surface area contributed by atoms with Crippen LogP contribution in [0.5, 0.6) is 0 Å². The third kappa shape index (κ3) is 4.83. The zero-order valence-corrected chi connectivity index (χ0v) is 20.7. The highest BCUT2D eigenvalue weighted by Gasteiger charge is 2.29. The Morgan fingerprint density at radius 2 is 1.76 bits per heavy atom. The highest BCUT2D eigenvalue weighted by Crippen LogP contribution is 2.39. The molecule has 0 atom stereocenters. The summed E-state index contributed by atoms with van der Waals surface area (Å²) in [6, 6.07) is 13.2. The molecule has 1 aromatic carbocycles. The molecule has 5 heterocycles. The van der Waals surface area contributed by atoms with Crippen LogP contribution >= 0.6 is 0 Å². The second-order valence-corrected chi connectivity index (χ2v) is 9.06. The van der Waals surface area contributed by atoms with E-state index in [0.29, 0.717) is 31.3 Å². The summed E-state index contributed by atoms with van der Waals surface area (Å²) in [5, 5.41) is 2.92. The highest BCUT2D eigenvalue weighted by molar-refractivity contribution is 5.94. The van der Waals surface area contributed by atoms with Gasteiger partial charge in [0.05, 0.1) is 31.1 Å². The number of amides is 1. The number of rotatable bonds is 6. The van der Waals surface area contributed by atoms with Gasteiger partial charge in [-0.15, -0.1) is 0 Å². The summed E-state index contributed by atoms with van der Waals surface area (Å²) in [6.07, 6.45) is 5.89. The van der Waals surface area contributed by atoms with Crippen LogP contribution in [0.1, 0.15) is 21.6 Å². The number of pyridine rings is 1. The van der Waals surface area contributed by atoms with Crippen LogP contribution in [0.3, 0.4) is 0 Å². The van der Waals surface area contributed by atoms with Crippen molar-refractivity contribution in [3.8, 4) is 11.3 Å². The molecule has 1 saturated heterocycles. The van der Waals surface area contributed by atoms with Gasteiger partial charge in [-0.05, 0) is 42.8 Å². The van der Waals surface area contributed by atoms with E-state index in [1.165, 1.54) is 0 Å². The fourth-order valence-corrected chi connectivity index (χ4v) is 4.67. The Morgan fingerprint density at radius 1 is 0.974 bits per heavy atom. The fourth-order valence-electron chi connectivity index (χ4n) is 4.67. The number of hydrogen-bond acceptors (Lipinski definition) is 10. The van der Waals surface area contributed by atoms with E-state index in [9.17, 15) is 4.79 Å². The second-order valence-electron chi connectivity index (χ2n) is 9.06. The van der Waals surface area contributed by atoms with E-state index < -0.39 is 0 Å². The molecule has 1 fully saturated rings. The molecule has 0 radical (unpaired) electrons. The average Bonchev–Trinajstić information content (AvgIpc) is 3.41. The van der Waals surface area contributed by atoms with Gasteiger partial charge in [0.2, 0.25) is 11.9 Å². The molecule has 0 aliphatic carbocycles. The maximum absolute atomic E-state index is 12.7. The van der Waals surface area contributed by atoms with E-state index in [1.54, 1.807) is 18.6 Å². The molecule has 0 bridgehead atoms. The second kappa shape index (κ2) is 10.4. The zero-order chi connectivity index (χ0) is 25.9. The molecule has 0 saturated carbocycles. The van der Waals surface area contributed by atoms with Gasteiger partial charge in [-0.25, -0.2) is 15.0 Å². The standard InChI is InChI=1S/C27H27N9O2/c28-26-31-15-19(16-32-26)23-22-8-10-36(24(22)34-27(33-23)35-11-13-38-14-12-35)21-6-4-18(5-7-21)25(37)30-17-20-3-1-2-9-29-20/h1-7,9,15-16H,8,10-14,17H2,(H,30,37)(H2,28,31,32). The molecule has 11 nitrogen and oxygen atoms in total. The summed E-state index contributed by atoms with van der Waals surface area (Å²) in [5.41, 5.74) is 10.7. The number of carbonyl (C=O) groups excluding carboxylic acids is 1. The van der Waals surface area contributed by atoms with Crippen molar-refractivity contribution in [2.24, 2.45) is 0 Å². The van der Waals surface area contributed by atoms with Crippen molar-refractivity contribution in [2.45, 2.75) is 13.0 Å². The minimum absolute atomic E-state index is 0.147. The molecule has 3 aromatic heterocycles. The Morgan fingerprint density at radius 3 is 2.50 bits per heavy atom. The lowest BCUT2D eigenvalue weighted by Crippen LogP contribution is -2.37. The molecular weight excluding hydrogens is 482 g/mol. The van der Waals surface area contributed by atoms with Gasteiger partial charge < -0.3 is 25.6 Å². The third-order valence-corrected chi connectivity index (χ3v) is 6.65. The maximum Gasteiger partial charge on any atom is 0.251 e. The quantitative estimate of drug-likeness (QED) is 0.399. The Kier molecular flexibility index (Phi) is 6.49. The summed E-state index contributed by atoms with van der Waals surface area (Å²) in [5.74, 6) is 1.57. The van der Waals surface area contributed by atoms with Crippen LogP contribution in [-0.2, 0) is 17.7 Å². The molecule has 4 aromatic rings. The number of hydrogen-bond donors (Lipinski definition) is 2. The third-order valence-electron chi connectivity index (χ3n) is 6.65.